The maximum absolute atomic E-state index is 13.0. The molecule has 0 spiro atoms. The van der Waals surface area contributed by atoms with E-state index in [2.05, 4.69) is 0 Å². The van der Waals surface area contributed by atoms with Gasteiger partial charge in [0.15, 0.2) is 11.6 Å². The second-order valence-corrected chi connectivity index (χ2v) is 2.74. The molecule has 1 N–H and O–H groups in total. The van der Waals surface area contributed by atoms with Crippen LogP contribution in [-0.2, 0) is 4.79 Å². The Balaban J connectivity index is 2.99. The number of halogens is 3. The number of allylic oxidation sites excluding steroid dienone is 1. The largest absolute Gasteiger partial charge is 0.320 e. The first-order valence-electron chi connectivity index (χ1n) is 4.13. The summed E-state index contributed by atoms with van der Waals surface area (Å²) < 4.78 is 38.4. The Morgan fingerprint density at radius 2 is 2.00 bits per heavy atom. The normalized spacial score (nSPS) is 10.7. The minimum absolute atomic E-state index is 0.403. The molecular formula is C10H8F3NO. The number of anilines is 1. The monoisotopic (exact) mass is 215 g/mol. The van der Waals surface area contributed by atoms with Crippen LogP contribution in [0.25, 0.3) is 0 Å². The Morgan fingerprint density at radius 1 is 1.33 bits per heavy atom. The summed E-state index contributed by atoms with van der Waals surface area (Å²) in [5, 5.41) is 2.01. The molecule has 0 heterocycles. The van der Waals surface area contributed by atoms with Crippen molar-refractivity contribution in [1.29, 1.82) is 0 Å². The number of carbonyl (C=O) groups is 1. The van der Waals surface area contributed by atoms with Crippen molar-refractivity contribution in [2.24, 2.45) is 0 Å². The fraction of sp³-hybridized carbons (Fsp3) is 0.100. The number of hydrogen-bond donors (Lipinski definition) is 1. The highest BCUT2D eigenvalue weighted by atomic mass is 19.2. The van der Waals surface area contributed by atoms with Gasteiger partial charge in [0.2, 0.25) is 5.91 Å². The average Bonchev–Trinajstić information content (AvgIpc) is 2.13. The maximum Gasteiger partial charge on any atom is 0.248 e. The van der Waals surface area contributed by atoms with Crippen molar-refractivity contribution in [2.45, 2.75) is 6.92 Å². The van der Waals surface area contributed by atoms with Crippen LogP contribution in [0.4, 0.5) is 18.9 Å². The van der Waals surface area contributed by atoms with E-state index in [4.69, 9.17) is 0 Å². The highest BCUT2D eigenvalue weighted by molar-refractivity contribution is 5.99. The van der Waals surface area contributed by atoms with E-state index in [9.17, 15) is 18.0 Å². The van der Waals surface area contributed by atoms with E-state index < -0.39 is 29.0 Å². The number of carbonyl (C=O) groups excluding carboxylic acids is 1. The molecule has 2 nitrogen and oxygen atoms in total. The molecule has 0 saturated carbocycles. The third kappa shape index (κ3) is 2.83. The van der Waals surface area contributed by atoms with E-state index in [1.54, 1.807) is 6.92 Å². The van der Waals surface area contributed by atoms with Gasteiger partial charge in [-0.15, -0.1) is 0 Å². The van der Waals surface area contributed by atoms with Crippen LogP contribution in [0.3, 0.4) is 0 Å². The molecule has 1 amide bonds. The van der Waals surface area contributed by atoms with Crippen molar-refractivity contribution in [3.8, 4) is 0 Å². The lowest BCUT2D eigenvalue weighted by Gasteiger charge is -2.04. The van der Waals surface area contributed by atoms with Crippen molar-refractivity contribution < 1.29 is 18.0 Å². The second-order valence-electron chi connectivity index (χ2n) is 2.74. The zero-order chi connectivity index (χ0) is 11.4. The standard InChI is InChI=1S/C10H8F3NO/c1-2-3-9(15)14-8-5-6(11)4-7(12)10(8)13/h2-5H,1H3,(H,14,15)/b3-2+. The molecule has 5 heteroatoms. The van der Waals surface area contributed by atoms with Crippen LogP contribution in [0.2, 0.25) is 0 Å². The van der Waals surface area contributed by atoms with Gasteiger partial charge in [0, 0.05) is 12.1 Å². The molecule has 0 bridgehead atoms. The zero-order valence-electron chi connectivity index (χ0n) is 7.85. The van der Waals surface area contributed by atoms with Gasteiger partial charge in [0.05, 0.1) is 5.69 Å². The van der Waals surface area contributed by atoms with Gasteiger partial charge in [0.25, 0.3) is 0 Å². The molecule has 0 radical (unpaired) electrons. The molecule has 80 valence electrons. The topological polar surface area (TPSA) is 29.1 Å². The zero-order valence-corrected chi connectivity index (χ0v) is 7.85. The van der Waals surface area contributed by atoms with Gasteiger partial charge < -0.3 is 5.32 Å². The first-order chi connectivity index (χ1) is 7.04. The SMILES string of the molecule is C/C=C/C(=O)Nc1cc(F)cc(F)c1F. The average molecular weight is 215 g/mol. The molecule has 0 unspecified atom stereocenters. The quantitative estimate of drug-likeness (QED) is 0.596. The van der Waals surface area contributed by atoms with Gasteiger partial charge in [-0.3, -0.25) is 4.79 Å². The molecule has 1 rings (SSSR count). The predicted octanol–water partition coefficient (Wildman–Crippen LogP) is 2.62. The van der Waals surface area contributed by atoms with Crippen LogP contribution >= 0.6 is 0 Å². The number of amides is 1. The summed E-state index contributed by atoms with van der Waals surface area (Å²) >= 11 is 0. The molecular weight excluding hydrogens is 207 g/mol. The van der Waals surface area contributed by atoms with E-state index in [1.807, 2.05) is 5.32 Å². The van der Waals surface area contributed by atoms with Gasteiger partial charge in [-0.05, 0) is 13.0 Å². The number of hydrogen-bond acceptors (Lipinski definition) is 1. The van der Waals surface area contributed by atoms with Crippen LogP contribution in [0.15, 0.2) is 24.3 Å². The Bertz CT molecular complexity index is 415. The van der Waals surface area contributed by atoms with E-state index in [0.717, 1.165) is 6.08 Å². The molecule has 1 aromatic carbocycles. The van der Waals surface area contributed by atoms with E-state index in [0.29, 0.717) is 12.1 Å². The summed E-state index contributed by atoms with van der Waals surface area (Å²) in [6, 6.07) is 1.11. The Labute approximate surface area is 84.4 Å². The van der Waals surface area contributed by atoms with Crippen molar-refractivity contribution in [2.75, 3.05) is 5.32 Å². The van der Waals surface area contributed by atoms with Crippen molar-refractivity contribution >= 4 is 11.6 Å². The minimum Gasteiger partial charge on any atom is -0.320 e. The van der Waals surface area contributed by atoms with Crippen molar-refractivity contribution in [3.05, 3.63) is 41.7 Å². The summed E-state index contributed by atoms with van der Waals surface area (Å²) in [5.41, 5.74) is -0.518. The lowest BCUT2D eigenvalue weighted by atomic mass is 10.2. The molecule has 0 aliphatic rings. The van der Waals surface area contributed by atoms with Gasteiger partial charge >= 0.3 is 0 Å². The van der Waals surface area contributed by atoms with Crippen molar-refractivity contribution in [1.82, 2.24) is 0 Å². The molecule has 0 aromatic heterocycles. The Kier molecular flexibility index (Phi) is 3.49. The Morgan fingerprint density at radius 3 is 2.60 bits per heavy atom. The summed E-state index contributed by atoms with van der Waals surface area (Å²) in [6.07, 6.45) is 2.53. The summed E-state index contributed by atoms with van der Waals surface area (Å²) in [7, 11) is 0. The number of rotatable bonds is 2. The molecule has 0 aliphatic carbocycles. The van der Waals surface area contributed by atoms with Crippen LogP contribution < -0.4 is 5.32 Å². The molecule has 0 atom stereocenters. The molecule has 0 aliphatic heterocycles. The third-order valence-electron chi connectivity index (χ3n) is 1.57. The van der Waals surface area contributed by atoms with Crippen molar-refractivity contribution in [3.63, 3.8) is 0 Å². The number of benzene rings is 1. The molecule has 15 heavy (non-hydrogen) atoms. The highest BCUT2D eigenvalue weighted by Gasteiger charge is 2.11. The summed E-state index contributed by atoms with van der Waals surface area (Å²) in [5.74, 6) is -4.23. The van der Waals surface area contributed by atoms with E-state index in [1.165, 1.54) is 6.08 Å². The van der Waals surface area contributed by atoms with Crippen LogP contribution in [0, 0.1) is 17.5 Å². The van der Waals surface area contributed by atoms with Gasteiger partial charge in [-0.1, -0.05) is 6.08 Å². The van der Waals surface area contributed by atoms with Gasteiger partial charge in [-0.2, -0.15) is 0 Å². The second kappa shape index (κ2) is 4.63. The summed E-state index contributed by atoms with van der Waals surface area (Å²) in [4.78, 5) is 11.0. The van der Waals surface area contributed by atoms with Crippen LogP contribution in [0.5, 0.6) is 0 Å². The van der Waals surface area contributed by atoms with Crippen LogP contribution in [-0.4, -0.2) is 5.91 Å². The Hall–Kier alpha value is -1.78. The fourth-order valence-electron chi connectivity index (χ4n) is 0.973. The van der Waals surface area contributed by atoms with Crippen LogP contribution in [0.1, 0.15) is 6.92 Å². The fourth-order valence-corrected chi connectivity index (χ4v) is 0.973. The highest BCUT2D eigenvalue weighted by Crippen LogP contribution is 2.18. The molecule has 0 fully saturated rings. The first kappa shape index (κ1) is 11.3. The minimum atomic E-state index is -1.34. The third-order valence-corrected chi connectivity index (χ3v) is 1.57. The van der Waals surface area contributed by atoms with E-state index in [-0.39, 0.29) is 0 Å². The lowest BCUT2D eigenvalue weighted by Crippen LogP contribution is -2.10. The number of nitrogens with one attached hydrogen (secondary N) is 1. The smallest absolute Gasteiger partial charge is 0.248 e. The predicted molar refractivity (Wildman–Crippen MR) is 49.8 cm³/mol. The van der Waals surface area contributed by atoms with Gasteiger partial charge in [0.1, 0.15) is 5.82 Å². The van der Waals surface area contributed by atoms with Gasteiger partial charge in [-0.25, -0.2) is 13.2 Å². The summed E-state index contributed by atoms with van der Waals surface area (Å²) in [6.45, 7) is 1.59. The van der Waals surface area contributed by atoms with E-state index >= 15 is 0 Å². The molecule has 1 aromatic rings. The lowest BCUT2D eigenvalue weighted by molar-refractivity contribution is -0.111. The maximum atomic E-state index is 13.0. The molecule has 0 saturated heterocycles. The first-order valence-corrected chi connectivity index (χ1v) is 4.13.